The van der Waals surface area contributed by atoms with E-state index in [-0.39, 0.29) is 18.6 Å². The van der Waals surface area contributed by atoms with E-state index in [1.54, 1.807) is 24.3 Å². The molecule has 5 nitrogen and oxygen atoms in total. The Hall–Kier alpha value is -2.04. The van der Waals surface area contributed by atoms with Crippen molar-refractivity contribution in [1.82, 2.24) is 5.32 Å². The van der Waals surface area contributed by atoms with Crippen molar-refractivity contribution in [2.75, 3.05) is 11.4 Å². The molecule has 1 aromatic rings. The van der Waals surface area contributed by atoms with E-state index in [4.69, 9.17) is 5.11 Å². The predicted molar refractivity (Wildman–Crippen MR) is 78.9 cm³/mol. The molecule has 5 heteroatoms. The number of hydrogen-bond acceptors (Lipinski definition) is 2. The lowest BCUT2D eigenvalue weighted by Gasteiger charge is -2.24. The Morgan fingerprint density at radius 3 is 2.40 bits per heavy atom. The summed E-state index contributed by atoms with van der Waals surface area (Å²) in [6.45, 7) is 3.71. The topological polar surface area (TPSA) is 69.6 Å². The molecule has 0 aromatic heterocycles. The van der Waals surface area contributed by atoms with Gasteiger partial charge >= 0.3 is 12.0 Å². The van der Waals surface area contributed by atoms with E-state index in [2.05, 4.69) is 12.2 Å². The molecule has 2 N–H and O–H groups in total. The predicted octanol–water partition coefficient (Wildman–Crippen LogP) is 2.87. The zero-order valence-electron chi connectivity index (χ0n) is 12.0. The van der Waals surface area contributed by atoms with Gasteiger partial charge in [0.25, 0.3) is 0 Å². The van der Waals surface area contributed by atoms with E-state index >= 15 is 0 Å². The van der Waals surface area contributed by atoms with Gasteiger partial charge in [0, 0.05) is 11.7 Å². The zero-order valence-corrected chi connectivity index (χ0v) is 12.0. The van der Waals surface area contributed by atoms with Gasteiger partial charge < -0.3 is 10.4 Å². The Morgan fingerprint density at radius 2 is 1.90 bits per heavy atom. The van der Waals surface area contributed by atoms with E-state index in [0.717, 1.165) is 19.3 Å². The summed E-state index contributed by atoms with van der Waals surface area (Å²) >= 11 is 0. The second kappa shape index (κ2) is 8.19. The number of carboxylic acid groups (broad SMARTS) is 1. The number of hydrogen-bond donors (Lipinski definition) is 2. The Bertz CT molecular complexity index is 434. The van der Waals surface area contributed by atoms with Gasteiger partial charge in [0.05, 0.1) is 0 Å². The molecule has 0 saturated heterocycles. The molecule has 0 radical (unpaired) electrons. The Labute approximate surface area is 119 Å². The SMILES string of the molecule is CCCC(CC)NC(=O)N(CC(=O)O)c1ccccc1. The van der Waals surface area contributed by atoms with Gasteiger partial charge in [-0.2, -0.15) is 0 Å². The van der Waals surface area contributed by atoms with E-state index in [1.165, 1.54) is 4.90 Å². The van der Waals surface area contributed by atoms with Gasteiger partial charge in [0.15, 0.2) is 0 Å². The molecule has 0 bridgehead atoms. The van der Waals surface area contributed by atoms with Gasteiger partial charge in [-0.3, -0.25) is 9.69 Å². The quantitative estimate of drug-likeness (QED) is 0.805. The number of aliphatic carboxylic acids is 1. The lowest BCUT2D eigenvalue weighted by Crippen LogP contribution is -2.46. The fraction of sp³-hybridized carbons (Fsp3) is 0.467. The molecule has 1 rings (SSSR count). The standard InChI is InChI=1S/C15H22N2O3/c1-3-8-12(4-2)16-15(20)17(11-14(18)19)13-9-6-5-7-10-13/h5-7,9-10,12H,3-4,8,11H2,1-2H3,(H,16,20)(H,18,19). The van der Waals surface area contributed by atoms with Gasteiger partial charge in [0.2, 0.25) is 0 Å². The van der Waals surface area contributed by atoms with Gasteiger partial charge in [0.1, 0.15) is 6.54 Å². The second-order valence-corrected chi connectivity index (χ2v) is 4.66. The molecule has 0 fully saturated rings. The third-order valence-electron chi connectivity index (χ3n) is 3.06. The fourth-order valence-electron chi connectivity index (χ4n) is 2.00. The van der Waals surface area contributed by atoms with Crippen molar-refractivity contribution in [2.24, 2.45) is 0 Å². The highest BCUT2D eigenvalue weighted by Crippen LogP contribution is 2.14. The first kappa shape index (κ1) is 16.0. The third-order valence-corrected chi connectivity index (χ3v) is 3.06. The van der Waals surface area contributed by atoms with Crippen LogP contribution in [-0.4, -0.2) is 29.7 Å². The van der Waals surface area contributed by atoms with Crippen molar-refractivity contribution in [1.29, 1.82) is 0 Å². The summed E-state index contributed by atoms with van der Waals surface area (Å²) in [6.07, 6.45) is 2.69. The van der Waals surface area contributed by atoms with Crippen LogP contribution >= 0.6 is 0 Å². The van der Waals surface area contributed by atoms with Crippen LogP contribution in [-0.2, 0) is 4.79 Å². The van der Waals surface area contributed by atoms with Crippen LogP contribution in [0.3, 0.4) is 0 Å². The van der Waals surface area contributed by atoms with Crippen LogP contribution in [0.4, 0.5) is 10.5 Å². The first-order valence-electron chi connectivity index (χ1n) is 6.93. The number of benzene rings is 1. The van der Waals surface area contributed by atoms with Crippen LogP contribution in [0.5, 0.6) is 0 Å². The van der Waals surface area contributed by atoms with Gasteiger partial charge in [-0.1, -0.05) is 38.5 Å². The number of nitrogens with zero attached hydrogens (tertiary/aromatic N) is 1. The molecule has 0 spiro atoms. The molecule has 0 aliphatic heterocycles. The minimum Gasteiger partial charge on any atom is -0.480 e. The van der Waals surface area contributed by atoms with Crippen molar-refractivity contribution >= 4 is 17.7 Å². The minimum absolute atomic E-state index is 0.0764. The number of carbonyl (C=O) groups excluding carboxylic acids is 1. The number of carbonyl (C=O) groups is 2. The molecule has 0 saturated carbocycles. The highest BCUT2D eigenvalue weighted by Gasteiger charge is 2.20. The summed E-state index contributed by atoms with van der Waals surface area (Å²) in [4.78, 5) is 24.5. The van der Waals surface area contributed by atoms with Crippen LogP contribution in [0.2, 0.25) is 0 Å². The smallest absolute Gasteiger partial charge is 0.323 e. The van der Waals surface area contributed by atoms with Gasteiger partial charge in [-0.15, -0.1) is 0 Å². The van der Waals surface area contributed by atoms with Gasteiger partial charge in [-0.25, -0.2) is 4.79 Å². The maximum atomic E-state index is 12.3. The molecular weight excluding hydrogens is 256 g/mol. The van der Waals surface area contributed by atoms with Crippen molar-refractivity contribution in [3.8, 4) is 0 Å². The molecule has 0 aliphatic carbocycles. The number of urea groups is 1. The van der Waals surface area contributed by atoms with Crippen LogP contribution in [0.1, 0.15) is 33.1 Å². The molecule has 0 heterocycles. The molecule has 1 aromatic carbocycles. The normalized spacial score (nSPS) is 11.7. The lowest BCUT2D eigenvalue weighted by atomic mass is 10.1. The molecule has 0 aliphatic rings. The Kier molecular flexibility index (Phi) is 6.56. The van der Waals surface area contributed by atoms with E-state index in [0.29, 0.717) is 5.69 Å². The fourth-order valence-corrected chi connectivity index (χ4v) is 2.00. The monoisotopic (exact) mass is 278 g/mol. The van der Waals surface area contributed by atoms with Crippen LogP contribution in [0.15, 0.2) is 30.3 Å². The number of nitrogens with one attached hydrogen (secondary N) is 1. The average Bonchev–Trinajstić information content (AvgIpc) is 2.44. The maximum absolute atomic E-state index is 12.3. The highest BCUT2D eigenvalue weighted by molar-refractivity contribution is 5.96. The lowest BCUT2D eigenvalue weighted by molar-refractivity contribution is -0.135. The zero-order chi connectivity index (χ0) is 15.0. The molecular formula is C15H22N2O3. The molecule has 1 atom stereocenters. The first-order valence-corrected chi connectivity index (χ1v) is 6.93. The average molecular weight is 278 g/mol. The van der Waals surface area contributed by atoms with Crippen LogP contribution in [0.25, 0.3) is 0 Å². The van der Waals surface area contributed by atoms with Crippen molar-refractivity contribution in [3.05, 3.63) is 30.3 Å². The summed E-state index contributed by atoms with van der Waals surface area (Å²) in [6, 6.07) is 8.55. The van der Waals surface area contributed by atoms with Crippen LogP contribution < -0.4 is 10.2 Å². The number of carboxylic acids is 1. The van der Waals surface area contributed by atoms with Crippen molar-refractivity contribution in [2.45, 2.75) is 39.2 Å². The number of amides is 2. The highest BCUT2D eigenvalue weighted by atomic mass is 16.4. The molecule has 2 amide bonds. The Balaban J connectivity index is 2.82. The summed E-state index contributed by atoms with van der Waals surface area (Å²) in [5, 5.41) is 11.9. The number of para-hydroxylation sites is 1. The van der Waals surface area contributed by atoms with E-state index in [9.17, 15) is 9.59 Å². The van der Waals surface area contributed by atoms with Crippen LogP contribution in [0, 0.1) is 0 Å². The van der Waals surface area contributed by atoms with Crippen molar-refractivity contribution < 1.29 is 14.7 Å². The largest absolute Gasteiger partial charge is 0.480 e. The summed E-state index contributed by atoms with van der Waals surface area (Å²) < 4.78 is 0. The van der Waals surface area contributed by atoms with Crippen molar-refractivity contribution in [3.63, 3.8) is 0 Å². The summed E-state index contributed by atoms with van der Waals surface area (Å²) in [5.41, 5.74) is 0.582. The van der Waals surface area contributed by atoms with E-state index < -0.39 is 5.97 Å². The Morgan fingerprint density at radius 1 is 1.25 bits per heavy atom. The summed E-state index contributed by atoms with van der Waals surface area (Å²) in [7, 11) is 0. The first-order chi connectivity index (χ1) is 9.58. The third kappa shape index (κ3) is 4.91. The molecule has 110 valence electrons. The van der Waals surface area contributed by atoms with Gasteiger partial charge in [-0.05, 0) is 25.0 Å². The minimum atomic E-state index is -1.03. The number of anilines is 1. The second-order valence-electron chi connectivity index (χ2n) is 4.66. The van der Waals surface area contributed by atoms with E-state index in [1.807, 2.05) is 13.0 Å². The summed E-state index contributed by atoms with van der Waals surface area (Å²) in [5.74, 6) is -1.03. The maximum Gasteiger partial charge on any atom is 0.323 e. The number of rotatable bonds is 7. The molecule has 20 heavy (non-hydrogen) atoms. The molecule has 1 unspecified atom stereocenters.